The van der Waals surface area contributed by atoms with Crippen LogP contribution < -0.4 is 4.74 Å². The molecule has 3 rings (SSSR count). The van der Waals surface area contributed by atoms with Crippen molar-refractivity contribution in [2.45, 2.75) is 38.3 Å². The number of ether oxygens (including phenoxy) is 1. The van der Waals surface area contributed by atoms with Gasteiger partial charge in [0.2, 0.25) is 10.0 Å². The summed E-state index contributed by atoms with van der Waals surface area (Å²) in [5, 5.41) is 0. The number of piperidine rings is 1. The lowest BCUT2D eigenvalue weighted by Gasteiger charge is -2.45. The first kappa shape index (κ1) is 19.5. The standard InChI is InChI=1S/C17H26N2O3S.ClH/c1-4-19(23(3,20)21)14-8-10-18-9-7-13-11-15(22-2)5-6-16(13)17(18)12-14;/h5-6,11,14,17H,4,7-10,12H2,1-3H3;1H. The van der Waals surface area contributed by atoms with Crippen molar-refractivity contribution < 1.29 is 13.2 Å². The Balaban J connectivity index is 0.00000208. The minimum absolute atomic E-state index is 0. The Hall–Kier alpha value is -0.820. The third-order valence-electron chi connectivity index (χ3n) is 5.21. The molecule has 0 saturated carbocycles. The van der Waals surface area contributed by atoms with Gasteiger partial charge in [-0.25, -0.2) is 8.42 Å². The van der Waals surface area contributed by atoms with Gasteiger partial charge in [0, 0.05) is 31.7 Å². The van der Waals surface area contributed by atoms with Crippen LogP contribution in [0.15, 0.2) is 18.2 Å². The molecular weight excluding hydrogens is 348 g/mol. The molecule has 0 aliphatic carbocycles. The van der Waals surface area contributed by atoms with Crippen LogP contribution in [0, 0.1) is 0 Å². The van der Waals surface area contributed by atoms with Crippen molar-refractivity contribution in [3.8, 4) is 5.75 Å². The molecule has 0 spiro atoms. The Kier molecular flexibility index (Phi) is 6.18. The van der Waals surface area contributed by atoms with E-state index in [9.17, 15) is 8.42 Å². The van der Waals surface area contributed by atoms with Crippen LogP contribution in [-0.4, -0.2) is 56.7 Å². The summed E-state index contributed by atoms with van der Waals surface area (Å²) in [4.78, 5) is 2.50. The topological polar surface area (TPSA) is 49.9 Å². The summed E-state index contributed by atoms with van der Waals surface area (Å²) >= 11 is 0. The average Bonchev–Trinajstić information content (AvgIpc) is 2.53. The van der Waals surface area contributed by atoms with E-state index in [1.165, 1.54) is 17.4 Å². The fraction of sp³-hybridized carbons (Fsp3) is 0.647. The molecule has 5 nitrogen and oxygen atoms in total. The van der Waals surface area contributed by atoms with Gasteiger partial charge >= 0.3 is 0 Å². The molecule has 0 radical (unpaired) electrons. The second-order valence-corrected chi connectivity index (χ2v) is 8.45. The maximum atomic E-state index is 12.0. The monoisotopic (exact) mass is 374 g/mol. The van der Waals surface area contributed by atoms with Crippen LogP contribution in [0.5, 0.6) is 5.75 Å². The van der Waals surface area contributed by atoms with Crippen molar-refractivity contribution in [1.82, 2.24) is 9.21 Å². The smallest absolute Gasteiger partial charge is 0.211 e. The molecule has 0 bridgehead atoms. The summed E-state index contributed by atoms with van der Waals surface area (Å²) in [6, 6.07) is 6.72. The third kappa shape index (κ3) is 3.72. The van der Waals surface area contributed by atoms with Gasteiger partial charge in [0.25, 0.3) is 0 Å². The number of halogens is 1. The van der Waals surface area contributed by atoms with E-state index in [1.807, 2.05) is 13.0 Å². The van der Waals surface area contributed by atoms with Gasteiger partial charge < -0.3 is 4.74 Å². The third-order valence-corrected chi connectivity index (χ3v) is 6.62. The lowest BCUT2D eigenvalue weighted by atomic mass is 9.85. The molecule has 1 fully saturated rings. The minimum atomic E-state index is -3.15. The number of sulfonamides is 1. The Morgan fingerprint density at radius 1 is 1.33 bits per heavy atom. The summed E-state index contributed by atoms with van der Waals surface area (Å²) in [5.41, 5.74) is 2.68. The molecule has 2 aliphatic heterocycles. The van der Waals surface area contributed by atoms with Crippen molar-refractivity contribution in [3.05, 3.63) is 29.3 Å². The fourth-order valence-corrected chi connectivity index (χ4v) is 5.33. The van der Waals surface area contributed by atoms with Crippen LogP contribution in [0.3, 0.4) is 0 Å². The van der Waals surface area contributed by atoms with Crippen LogP contribution in [0.25, 0.3) is 0 Å². The summed E-state index contributed by atoms with van der Waals surface area (Å²) in [5.74, 6) is 0.899. The Morgan fingerprint density at radius 3 is 2.71 bits per heavy atom. The van der Waals surface area contributed by atoms with E-state index < -0.39 is 10.0 Å². The summed E-state index contributed by atoms with van der Waals surface area (Å²) in [6.45, 7) is 4.48. The number of methoxy groups -OCH3 is 1. The Bertz CT molecular complexity index is 680. The van der Waals surface area contributed by atoms with Crippen molar-refractivity contribution in [2.24, 2.45) is 0 Å². The number of nitrogens with zero attached hydrogens (tertiary/aromatic N) is 2. The summed E-state index contributed by atoms with van der Waals surface area (Å²) in [7, 11) is -1.45. The number of hydrogen-bond donors (Lipinski definition) is 0. The maximum Gasteiger partial charge on any atom is 0.211 e. The van der Waals surface area contributed by atoms with Crippen LogP contribution in [0.2, 0.25) is 0 Å². The highest BCUT2D eigenvalue weighted by Crippen LogP contribution is 2.39. The molecule has 2 unspecified atom stereocenters. The number of rotatable bonds is 4. The summed E-state index contributed by atoms with van der Waals surface area (Å²) < 4.78 is 31.1. The minimum Gasteiger partial charge on any atom is -0.497 e. The molecule has 24 heavy (non-hydrogen) atoms. The van der Waals surface area contributed by atoms with E-state index in [0.29, 0.717) is 12.6 Å². The largest absolute Gasteiger partial charge is 0.497 e. The highest BCUT2D eigenvalue weighted by molar-refractivity contribution is 7.88. The molecule has 136 valence electrons. The molecule has 0 N–H and O–H groups in total. The van der Waals surface area contributed by atoms with Crippen LogP contribution in [-0.2, 0) is 16.4 Å². The second-order valence-electron chi connectivity index (χ2n) is 6.51. The van der Waals surface area contributed by atoms with Gasteiger partial charge in [-0.15, -0.1) is 12.4 Å². The van der Waals surface area contributed by atoms with E-state index in [0.717, 1.165) is 38.1 Å². The molecule has 1 aromatic rings. The average molecular weight is 375 g/mol. The van der Waals surface area contributed by atoms with E-state index in [4.69, 9.17) is 4.74 Å². The Morgan fingerprint density at radius 2 is 2.08 bits per heavy atom. The second kappa shape index (κ2) is 7.60. The SMILES string of the molecule is CCN(C1CCN2CCc3cc(OC)ccc3C2C1)S(C)(=O)=O.Cl. The van der Waals surface area contributed by atoms with Crippen molar-refractivity contribution in [3.63, 3.8) is 0 Å². The fourth-order valence-electron chi connectivity index (χ4n) is 4.13. The number of fused-ring (bicyclic) bond motifs is 3. The van der Waals surface area contributed by atoms with Gasteiger partial charge in [-0.1, -0.05) is 13.0 Å². The van der Waals surface area contributed by atoms with Gasteiger partial charge in [-0.3, -0.25) is 4.90 Å². The molecule has 2 aliphatic rings. The van der Waals surface area contributed by atoms with Crippen molar-refractivity contribution in [2.75, 3.05) is 33.0 Å². The zero-order valence-corrected chi connectivity index (χ0v) is 16.2. The van der Waals surface area contributed by atoms with Crippen LogP contribution in [0.4, 0.5) is 0 Å². The van der Waals surface area contributed by atoms with Crippen LogP contribution in [0.1, 0.15) is 36.9 Å². The molecule has 1 saturated heterocycles. The molecule has 2 atom stereocenters. The lowest BCUT2D eigenvalue weighted by molar-refractivity contribution is 0.0921. The first-order chi connectivity index (χ1) is 10.9. The molecule has 7 heteroatoms. The highest BCUT2D eigenvalue weighted by Gasteiger charge is 2.37. The predicted octanol–water partition coefficient (Wildman–Crippen LogP) is 2.46. The molecule has 0 amide bonds. The summed E-state index contributed by atoms with van der Waals surface area (Å²) in [6.07, 6.45) is 4.16. The van der Waals surface area contributed by atoms with E-state index in [2.05, 4.69) is 17.0 Å². The maximum absolute atomic E-state index is 12.0. The molecule has 0 aromatic heterocycles. The highest BCUT2D eigenvalue weighted by atomic mass is 35.5. The van der Waals surface area contributed by atoms with Gasteiger partial charge in [0.15, 0.2) is 0 Å². The molecule has 1 aromatic carbocycles. The first-order valence-corrected chi connectivity index (χ1v) is 10.2. The van der Waals surface area contributed by atoms with E-state index >= 15 is 0 Å². The first-order valence-electron chi connectivity index (χ1n) is 8.31. The number of hydrogen-bond acceptors (Lipinski definition) is 4. The quantitative estimate of drug-likeness (QED) is 0.812. The lowest BCUT2D eigenvalue weighted by Crippen LogP contribution is -2.49. The van der Waals surface area contributed by atoms with Gasteiger partial charge in [-0.05, 0) is 42.5 Å². The van der Waals surface area contributed by atoms with Crippen molar-refractivity contribution in [1.29, 1.82) is 0 Å². The van der Waals surface area contributed by atoms with Gasteiger partial charge in [0.05, 0.1) is 13.4 Å². The number of benzene rings is 1. The normalized spacial score (nSPS) is 24.0. The molecular formula is C17H27ClN2O3S. The van der Waals surface area contributed by atoms with E-state index in [1.54, 1.807) is 11.4 Å². The zero-order chi connectivity index (χ0) is 16.6. The van der Waals surface area contributed by atoms with Gasteiger partial charge in [-0.2, -0.15) is 4.31 Å². The van der Waals surface area contributed by atoms with E-state index in [-0.39, 0.29) is 18.4 Å². The predicted molar refractivity (Wildman–Crippen MR) is 98.5 cm³/mol. The molecule has 2 heterocycles. The van der Waals surface area contributed by atoms with Crippen molar-refractivity contribution >= 4 is 22.4 Å². The Labute approximate surface area is 151 Å². The van der Waals surface area contributed by atoms with Crippen LogP contribution >= 0.6 is 12.4 Å². The zero-order valence-electron chi connectivity index (χ0n) is 14.6. The van der Waals surface area contributed by atoms with Gasteiger partial charge in [0.1, 0.15) is 5.75 Å².